The Balaban J connectivity index is 1.97. The molecule has 0 spiro atoms. The van der Waals surface area contributed by atoms with Crippen LogP contribution in [0.25, 0.3) is 0 Å². The van der Waals surface area contributed by atoms with Crippen LogP contribution in [0, 0.1) is 5.92 Å². The zero-order chi connectivity index (χ0) is 13.9. The largest absolute Gasteiger partial charge is 0.476 e. The van der Waals surface area contributed by atoms with Crippen molar-refractivity contribution < 1.29 is 17.9 Å². The summed E-state index contributed by atoms with van der Waals surface area (Å²) in [6, 6.07) is 0.836. The zero-order valence-electron chi connectivity index (χ0n) is 10.1. The average molecular weight is 295 g/mol. The fraction of sp³-hybridized carbons (Fsp3) is 0.583. The molecule has 0 unspecified atom stereocenters. The van der Waals surface area contributed by atoms with Crippen LogP contribution in [0.2, 0.25) is 5.02 Å². The Morgan fingerprint density at radius 3 is 2.84 bits per heavy atom. The first-order valence-electron chi connectivity index (χ1n) is 6.03. The van der Waals surface area contributed by atoms with Crippen molar-refractivity contribution in [2.75, 3.05) is 19.7 Å². The third kappa shape index (κ3) is 3.98. The molecule has 0 bridgehead atoms. The standard InChI is InChI=1S/C12H14ClF3N2O/c13-10-4-9(12(14,15)16)6-18-11(10)19-7-8-2-1-3-17-5-8/h4,6,8,17H,1-3,5,7H2/t8-/m1/s1. The number of nitrogens with one attached hydrogen (secondary N) is 1. The van der Waals surface area contributed by atoms with E-state index in [0.29, 0.717) is 12.5 Å². The maximum atomic E-state index is 12.4. The first-order chi connectivity index (χ1) is 8.97. The van der Waals surface area contributed by atoms with Crippen LogP contribution in [0.4, 0.5) is 13.2 Å². The normalized spacial score (nSPS) is 20.3. The lowest BCUT2D eigenvalue weighted by Crippen LogP contribution is -2.33. The molecule has 1 N–H and O–H groups in total. The zero-order valence-corrected chi connectivity index (χ0v) is 10.9. The van der Waals surface area contributed by atoms with Gasteiger partial charge in [0.2, 0.25) is 5.88 Å². The van der Waals surface area contributed by atoms with Crippen LogP contribution in [0.1, 0.15) is 18.4 Å². The number of hydrogen-bond donors (Lipinski definition) is 1. The van der Waals surface area contributed by atoms with Gasteiger partial charge in [0.25, 0.3) is 0 Å². The molecule has 0 aliphatic carbocycles. The van der Waals surface area contributed by atoms with E-state index in [1.807, 2.05) is 0 Å². The van der Waals surface area contributed by atoms with Crippen LogP contribution in [0.15, 0.2) is 12.3 Å². The van der Waals surface area contributed by atoms with E-state index < -0.39 is 11.7 Å². The Kier molecular flexibility index (Phi) is 4.52. The second-order valence-electron chi connectivity index (χ2n) is 4.53. The van der Waals surface area contributed by atoms with Crippen molar-refractivity contribution in [3.05, 3.63) is 22.8 Å². The summed E-state index contributed by atoms with van der Waals surface area (Å²) in [5.41, 5.74) is -0.871. The van der Waals surface area contributed by atoms with E-state index in [2.05, 4.69) is 10.3 Å². The minimum Gasteiger partial charge on any atom is -0.476 e. The van der Waals surface area contributed by atoms with E-state index in [1.165, 1.54) is 0 Å². The van der Waals surface area contributed by atoms with Crippen molar-refractivity contribution in [3.8, 4) is 5.88 Å². The summed E-state index contributed by atoms with van der Waals surface area (Å²) in [7, 11) is 0. The molecular formula is C12H14ClF3N2O. The van der Waals surface area contributed by atoms with Crippen molar-refractivity contribution >= 4 is 11.6 Å². The van der Waals surface area contributed by atoms with Crippen LogP contribution < -0.4 is 10.1 Å². The quantitative estimate of drug-likeness (QED) is 0.930. The maximum Gasteiger partial charge on any atom is 0.417 e. The van der Waals surface area contributed by atoms with Crippen molar-refractivity contribution in [2.24, 2.45) is 5.92 Å². The summed E-state index contributed by atoms with van der Waals surface area (Å²) >= 11 is 5.75. The van der Waals surface area contributed by atoms with E-state index in [1.54, 1.807) is 0 Å². The molecule has 7 heteroatoms. The lowest BCUT2D eigenvalue weighted by molar-refractivity contribution is -0.137. The first kappa shape index (κ1) is 14.4. The molecule has 1 aromatic rings. The van der Waals surface area contributed by atoms with Crippen molar-refractivity contribution in [2.45, 2.75) is 19.0 Å². The van der Waals surface area contributed by atoms with Gasteiger partial charge in [0.1, 0.15) is 5.02 Å². The molecule has 0 radical (unpaired) electrons. The van der Waals surface area contributed by atoms with Crippen molar-refractivity contribution in [3.63, 3.8) is 0 Å². The number of nitrogens with zero attached hydrogens (tertiary/aromatic N) is 1. The number of piperidine rings is 1. The molecule has 1 aliphatic rings. The van der Waals surface area contributed by atoms with Gasteiger partial charge in [-0.1, -0.05) is 11.6 Å². The van der Waals surface area contributed by atoms with Gasteiger partial charge in [0, 0.05) is 18.7 Å². The predicted molar refractivity (Wildman–Crippen MR) is 65.3 cm³/mol. The van der Waals surface area contributed by atoms with Crippen LogP contribution in [0.5, 0.6) is 5.88 Å². The molecule has 0 aromatic carbocycles. The summed E-state index contributed by atoms with van der Waals surface area (Å²) in [4.78, 5) is 3.63. The van der Waals surface area contributed by atoms with E-state index >= 15 is 0 Å². The van der Waals surface area contributed by atoms with Crippen molar-refractivity contribution in [1.82, 2.24) is 10.3 Å². The lowest BCUT2D eigenvalue weighted by Gasteiger charge is -2.22. The molecule has 1 aliphatic heterocycles. The Morgan fingerprint density at radius 1 is 1.47 bits per heavy atom. The number of hydrogen-bond acceptors (Lipinski definition) is 3. The van der Waals surface area contributed by atoms with Gasteiger partial charge >= 0.3 is 6.18 Å². The van der Waals surface area contributed by atoms with Crippen LogP contribution in [-0.4, -0.2) is 24.7 Å². The van der Waals surface area contributed by atoms with Gasteiger partial charge in [-0.3, -0.25) is 0 Å². The van der Waals surface area contributed by atoms with Gasteiger partial charge in [-0.05, 0) is 25.5 Å². The minimum absolute atomic E-state index is 0.0558. The van der Waals surface area contributed by atoms with Crippen LogP contribution in [-0.2, 0) is 6.18 Å². The lowest BCUT2D eigenvalue weighted by atomic mass is 10.0. The number of aromatic nitrogens is 1. The monoisotopic (exact) mass is 294 g/mol. The molecule has 1 fully saturated rings. The molecule has 0 amide bonds. The summed E-state index contributed by atoms with van der Waals surface area (Å²) in [6.07, 6.45) is -1.60. The molecule has 1 aromatic heterocycles. The van der Waals surface area contributed by atoms with Crippen LogP contribution in [0.3, 0.4) is 0 Å². The Hall–Kier alpha value is -1.01. The Labute approximate surface area is 114 Å². The number of halogens is 4. The SMILES string of the molecule is FC(F)(F)c1cnc(OC[C@@H]2CCCNC2)c(Cl)c1. The smallest absolute Gasteiger partial charge is 0.417 e. The summed E-state index contributed by atoms with van der Waals surface area (Å²) < 4.78 is 42.7. The van der Waals surface area contributed by atoms with Gasteiger partial charge in [-0.15, -0.1) is 0 Å². The molecule has 2 rings (SSSR count). The van der Waals surface area contributed by atoms with Gasteiger partial charge in [0.15, 0.2) is 0 Å². The molecule has 1 atom stereocenters. The number of pyridine rings is 1. The van der Waals surface area contributed by atoms with E-state index in [9.17, 15) is 13.2 Å². The average Bonchev–Trinajstić information content (AvgIpc) is 2.37. The minimum atomic E-state index is -4.44. The third-order valence-electron chi connectivity index (χ3n) is 2.99. The first-order valence-corrected chi connectivity index (χ1v) is 6.41. The van der Waals surface area contributed by atoms with E-state index in [-0.39, 0.29) is 10.9 Å². The van der Waals surface area contributed by atoms with E-state index in [0.717, 1.165) is 38.2 Å². The summed E-state index contributed by atoms with van der Waals surface area (Å²) in [5.74, 6) is 0.397. The summed E-state index contributed by atoms with van der Waals surface area (Å²) in [6.45, 7) is 2.25. The highest BCUT2D eigenvalue weighted by Gasteiger charge is 2.31. The third-order valence-corrected chi connectivity index (χ3v) is 3.26. The highest BCUT2D eigenvalue weighted by molar-refractivity contribution is 6.31. The molecule has 106 valence electrons. The Morgan fingerprint density at radius 2 is 2.26 bits per heavy atom. The van der Waals surface area contributed by atoms with Gasteiger partial charge in [0.05, 0.1) is 12.2 Å². The second-order valence-corrected chi connectivity index (χ2v) is 4.94. The number of alkyl halides is 3. The molecule has 0 saturated carbocycles. The maximum absolute atomic E-state index is 12.4. The Bertz CT molecular complexity index is 433. The van der Waals surface area contributed by atoms with Gasteiger partial charge in [-0.25, -0.2) is 4.98 Å². The predicted octanol–water partition coefficient (Wildman–Crippen LogP) is 3.13. The van der Waals surface area contributed by atoms with E-state index in [4.69, 9.17) is 16.3 Å². The van der Waals surface area contributed by atoms with Gasteiger partial charge in [-0.2, -0.15) is 13.2 Å². The van der Waals surface area contributed by atoms with Crippen molar-refractivity contribution in [1.29, 1.82) is 0 Å². The highest BCUT2D eigenvalue weighted by Crippen LogP contribution is 2.33. The fourth-order valence-electron chi connectivity index (χ4n) is 1.95. The summed E-state index contributed by atoms with van der Waals surface area (Å²) in [5, 5.41) is 3.12. The topological polar surface area (TPSA) is 34.1 Å². The molecular weight excluding hydrogens is 281 g/mol. The molecule has 19 heavy (non-hydrogen) atoms. The van der Waals surface area contributed by atoms with Gasteiger partial charge < -0.3 is 10.1 Å². The molecule has 3 nitrogen and oxygen atoms in total. The number of rotatable bonds is 3. The fourth-order valence-corrected chi connectivity index (χ4v) is 2.17. The van der Waals surface area contributed by atoms with Crippen LogP contribution >= 0.6 is 11.6 Å². The number of ether oxygens (including phenoxy) is 1. The molecule has 2 heterocycles. The second kappa shape index (κ2) is 5.96. The highest BCUT2D eigenvalue weighted by atomic mass is 35.5. The molecule has 1 saturated heterocycles.